The minimum atomic E-state index is -4.50. The molecule has 0 radical (unpaired) electrons. The first-order valence-electron chi connectivity index (χ1n) is 4.64. The molecule has 1 rings (SSSR count). The van der Waals surface area contributed by atoms with Crippen LogP contribution < -0.4 is 5.32 Å². The van der Waals surface area contributed by atoms with E-state index < -0.39 is 6.36 Å². The Labute approximate surface area is 81.2 Å². The van der Waals surface area contributed by atoms with Crippen molar-refractivity contribution in [2.45, 2.75) is 19.3 Å². The molecule has 3 nitrogen and oxygen atoms in total. The minimum Gasteiger partial charge on any atom is -0.314 e. The number of piperazine rings is 1. The van der Waals surface area contributed by atoms with Gasteiger partial charge < -0.3 is 5.32 Å². The van der Waals surface area contributed by atoms with Gasteiger partial charge in [-0.3, -0.25) is 9.64 Å². The van der Waals surface area contributed by atoms with Gasteiger partial charge in [-0.05, 0) is 6.92 Å². The van der Waals surface area contributed by atoms with Crippen LogP contribution in [0.5, 0.6) is 0 Å². The van der Waals surface area contributed by atoms with Crippen molar-refractivity contribution < 1.29 is 17.9 Å². The number of hydrogen-bond donors (Lipinski definition) is 1. The Morgan fingerprint density at radius 1 is 1.50 bits per heavy atom. The molecule has 1 aliphatic rings. The van der Waals surface area contributed by atoms with Crippen LogP contribution in [0.3, 0.4) is 0 Å². The number of nitrogens with zero attached hydrogens (tertiary/aromatic N) is 1. The SMILES string of the molecule is CC1CNCCN1CCOC(F)(F)F. The molecular weight excluding hydrogens is 197 g/mol. The van der Waals surface area contributed by atoms with Crippen LogP contribution in [0, 0.1) is 0 Å². The summed E-state index contributed by atoms with van der Waals surface area (Å²) in [6, 6.07) is 0.278. The van der Waals surface area contributed by atoms with Crippen LogP contribution in [0.4, 0.5) is 13.2 Å². The number of nitrogens with one attached hydrogen (secondary N) is 1. The molecular formula is C8H15F3N2O. The molecule has 1 atom stereocenters. The van der Waals surface area contributed by atoms with Crippen LogP contribution in [-0.2, 0) is 4.74 Å². The summed E-state index contributed by atoms with van der Waals surface area (Å²) in [6.07, 6.45) is -4.50. The van der Waals surface area contributed by atoms with Gasteiger partial charge in [-0.15, -0.1) is 13.2 Å². The van der Waals surface area contributed by atoms with E-state index in [9.17, 15) is 13.2 Å². The first kappa shape index (κ1) is 11.7. The van der Waals surface area contributed by atoms with Gasteiger partial charge in [-0.2, -0.15) is 0 Å². The topological polar surface area (TPSA) is 24.5 Å². The van der Waals surface area contributed by atoms with Crippen LogP contribution in [0.2, 0.25) is 0 Å². The summed E-state index contributed by atoms with van der Waals surface area (Å²) in [6.45, 7) is 4.47. The first-order chi connectivity index (χ1) is 6.49. The molecule has 6 heteroatoms. The van der Waals surface area contributed by atoms with Crippen molar-refractivity contribution >= 4 is 0 Å². The average molecular weight is 212 g/mol. The Kier molecular flexibility index (Phi) is 4.15. The van der Waals surface area contributed by atoms with Crippen molar-refractivity contribution in [1.82, 2.24) is 10.2 Å². The largest absolute Gasteiger partial charge is 0.522 e. The second kappa shape index (κ2) is 4.95. The van der Waals surface area contributed by atoms with E-state index >= 15 is 0 Å². The third kappa shape index (κ3) is 4.26. The van der Waals surface area contributed by atoms with Crippen molar-refractivity contribution in [3.8, 4) is 0 Å². The van der Waals surface area contributed by atoms with E-state index in [2.05, 4.69) is 10.1 Å². The Balaban J connectivity index is 2.17. The van der Waals surface area contributed by atoms with Gasteiger partial charge in [0.15, 0.2) is 0 Å². The zero-order valence-corrected chi connectivity index (χ0v) is 8.10. The van der Waals surface area contributed by atoms with Gasteiger partial charge in [-0.25, -0.2) is 0 Å². The molecule has 1 unspecified atom stereocenters. The predicted molar refractivity (Wildman–Crippen MR) is 45.9 cm³/mol. The average Bonchev–Trinajstić information content (AvgIpc) is 2.06. The van der Waals surface area contributed by atoms with E-state index in [0.717, 1.165) is 19.6 Å². The minimum absolute atomic E-state index is 0.278. The summed E-state index contributed by atoms with van der Waals surface area (Å²) in [5.41, 5.74) is 0. The molecule has 0 saturated carbocycles. The van der Waals surface area contributed by atoms with Crippen LogP contribution >= 0.6 is 0 Å². The lowest BCUT2D eigenvalue weighted by Gasteiger charge is -2.33. The molecule has 1 fully saturated rings. The summed E-state index contributed by atoms with van der Waals surface area (Å²) >= 11 is 0. The van der Waals surface area contributed by atoms with E-state index in [1.165, 1.54) is 0 Å². The Morgan fingerprint density at radius 2 is 2.21 bits per heavy atom. The third-order valence-corrected chi connectivity index (χ3v) is 2.28. The summed E-state index contributed by atoms with van der Waals surface area (Å²) in [7, 11) is 0. The molecule has 14 heavy (non-hydrogen) atoms. The molecule has 0 bridgehead atoms. The number of rotatable bonds is 3. The van der Waals surface area contributed by atoms with Crippen LogP contribution in [0.15, 0.2) is 0 Å². The van der Waals surface area contributed by atoms with Crippen molar-refractivity contribution in [1.29, 1.82) is 0 Å². The van der Waals surface area contributed by atoms with Gasteiger partial charge in [0.2, 0.25) is 0 Å². The van der Waals surface area contributed by atoms with Crippen LogP contribution in [-0.4, -0.2) is 50.1 Å². The molecule has 1 aliphatic heterocycles. The quantitative estimate of drug-likeness (QED) is 0.749. The highest BCUT2D eigenvalue weighted by molar-refractivity contribution is 4.75. The monoisotopic (exact) mass is 212 g/mol. The maximum Gasteiger partial charge on any atom is 0.522 e. The van der Waals surface area contributed by atoms with Gasteiger partial charge >= 0.3 is 6.36 Å². The van der Waals surface area contributed by atoms with Crippen molar-refractivity contribution in [2.24, 2.45) is 0 Å². The standard InChI is InChI=1S/C8H15F3N2O/c1-7-6-12-2-3-13(7)4-5-14-8(9,10)11/h7,12H,2-6H2,1H3. The summed E-state index contributed by atoms with van der Waals surface area (Å²) < 4.78 is 38.7. The molecule has 1 N–H and O–H groups in total. The molecule has 0 spiro atoms. The fraction of sp³-hybridized carbons (Fsp3) is 1.00. The smallest absolute Gasteiger partial charge is 0.314 e. The van der Waals surface area contributed by atoms with E-state index in [4.69, 9.17) is 0 Å². The van der Waals surface area contributed by atoms with Crippen molar-refractivity contribution in [2.75, 3.05) is 32.8 Å². The van der Waals surface area contributed by atoms with E-state index in [-0.39, 0.29) is 12.6 Å². The molecule has 1 heterocycles. The van der Waals surface area contributed by atoms with E-state index in [1.807, 2.05) is 11.8 Å². The van der Waals surface area contributed by atoms with Crippen LogP contribution in [0.1, 0.15) is 6.92 Å². The molecule has 0 aromatic rings. The normalized spacial score (nSPS) is 25.3. The summed E-state index contributed by atoms with van der Waals surface area (Å²) in [4.78, 5) is 1.99. The first-order valence-corrected chi connectivity index (χ1v) is 4.64. The summed E-state index contributed by atoms with van der Waals surface area (Å²) in [5.74, 6) is 0. The fourth-order valence-corrected chi connectivity index (χ4v) is 1.49. The number of alkyl halides is 3. The van der Waals surface area contributed by atoms with Crippen LogP contribution in [0.25, 0.3) is 0 Å². The zero-order valence-electron chi connectivity index (χ0n) is 8.10. The molecule has 0 amide bonds. The lowest BCUT2D eigenvalue weighted by atomic mass is 10.2. The Bertz CT molecular complexity index is 174. The molecule has 0 aliphatic carbocycles. The van der Waals surface area contributed by atoms with Gasteiger partial charge in [0.1, 0.15) is 0 Å². The van der Waals surface area contributed by atoms with Gasteiger partial charge in [0.05, 0.1) is 6.61 Å². The predicted octanol–water partition coefficient (Wildman–Crippen LogP) is 0.817. The van der Waals surface area contributed by atoms with E-state index in [0.29, 0.717) is 6.54 Å². The lowest BCUT2D eigenvalue weighted by molar-refractivity contribution is -0.325. The fourth-order valence-electron chi connectivity index (χ4n) is 1.49. The second-order valence-electron chi connectivity index (χ2n) is 3.38. The van der Waals surface area contributed by atoms with Crippen molar-refractivity contribution in [3.63, 3.8) is 0 Å². The van der Waals surface area contributed by atoms with E-state index in [1.54, 1.807) is 0 Å². The molecule has 1 saturated heterocycles. The number of halogens is 3. The third-order valence-electron chi connectivity index (χ3n) is 2.28. The summed E-state index contributed by atoms with van der Waals surface area (Å²) in [5, 5.41) is 3.17. The van der Waals surface area contributed by atoms with Gasteiger partial charge in [0.25, 0.3) is 0 Å². The highest BCUT2D eigenvalue weighted by Gasteiger charge is 2.29. The van der Waals surface area contributed by atoms with Gasteiger partial charge in [0, 0.05) is 32.2 Å². The molecule has 0 aromatic carbocycles. The maximum atomic E-state index is 11.7. The molecule has 84 valence electrons. The zero-order chi connectivity index (χ0) is 10.6. The van der Waals surface area contributed by atoms with Gasteiger partial charge in [-0.1, -0.05) is 0 Å². The number of hydrogen-bond acceptors (Lipinski definition) is 3. The highest BCUT2D eigenvalue weighted by Crippen LogP contribution is 2.16. The number of ether oxygens (including phenoxy) is 1. The maximum absolute atomic E-state index is 11.7. The Hall–Kier alpha value is -0.330. The lowest BCUT2D eigenvalue weighted by Crippen LogP contribution is -2.50. The molecule has 0 aromatic heterocycles. The van der Waals surface area contributed by atoms with Crippen molar-refractivity contribution in [3.05, 3.63) is 0 Å². The highest BCUT2D eigenvalue weighted by atomic mass is 19.4. The Morgan fingerprint density at radius 3 is 2.79 bits per heavy atom. The second-order valence-corrected chi connectivity index (χ2v) is 3.38.